The van der Waals surface area contributed by atoms with E-state index in [1.807, 2.05) is 99.6 Å². The van der Waals surface area contributed by atoms with Gasteiger partial charge >= 0.3 is 0 Å². The molecule has 2 amide bonds. The molecule has 2 atom stereocenters. The number of hydrazone groups is 2. The SMILES string of the molecule is CCC1=NN(c2ccccc2)C(=O)C1C(c1cccc(C)c1)C1C(=O)N(c2ccccc2)N=C1CC. The predicted molar refractivity (Wildman–Crippen MR) is 144 cm³/mol. The zero-order chi connectivity index (χ0) is 25.2. The number of anilines is 2. The highest BCUT2D eigenvalue weighted by Gasteiger charge is 2.51. The first-order valence-electron chi connectivity index (χ1n) is 12.5. The molecule has 6 nitrogen and oxygen atoms in total. The first-order chi connectivity index (χ1) is 17.5. The van der Waals surface area contributed by atoms with Crippen LogP contribution in [0.25, 0.3) is 0 Å². The molecule has 2 aliphatic rings. The van der Waals surface area contributed by atoms with Crippen LogP contribution in [0.1, 0.15) is 43.7 Å². The molecule has 0 saturated carbocycles. The standard InChI is InChI=1S/C30H30N4O2/c1-4-24-27(29(35)33(31-24)22-15-8-6-9-16-22)26(21-14-12-13-20(3)19-21)28-25(5-2)32-34(30(28)36)23-17-10-7-11-18-23/h6-19,26-28H,4-5H2,1-3H3. The average molecular weight is 479 g/mol. The fourth-order valence-corrected chi connectivity index (χ4v) is 5.29. The number of hydrogen-bond donors (Lipinski definition) is 0. The summed E-state index contributed by atoms with van der Waals surface area (Å²) < 4.78 is 0. The van der Waals surface area contributed by atoms with E-state index in [2.05, 4.69) is 6.07 Å². The van der Waals surface area contributed by atoms with Gasteiger partial charge in [0, 0.05) is 5.92 Å². The maximum atomic E-state index is 14.0. The fourth-order valence-electron chi connectivity index (χ4n) is 5.29. The van der Waals surface area contributed by atoms with Crippen LogP contribution in [-0.4, -0.2) is 23.2 Å². The highest BCUT2D eigenvalue weighted by atomic mass is 16.2. The second-order valence-corrected chi connectivity index (χ2v) is 9.26. The first-order valence-corrected chi connectivity index (χ1v) is 12.5. The average Bonchev–Trinajstić information content (AvgIpc) is 3.42. The monoisotopic (exact) mass is 478 g/mol. The van der Waals surface area contributed by atoms with Crippen LogP contribution in [0.3, 0.4) is 0 Å². The second kappa shape index (κ2) is 9.90. The van der Waals surface area contributed by atoms with Gasteiger partial charge in [-0.15, -0.1) is 0 Å². The van der Waals surface area contributed by atoms with Crippen molar-refractivity contribution in [3.63, 3.8) is 0 Å². The van der Waals surface area contributed by atoms with Crippen LogP contribution in [0, 0.1) is 18.8 Å². The molecule has 0 radical (unpaired) electrons. The summed E-state index contributed by atoms with van der Waals surface area (Å²) in [6.45, 7) is 6.06. The Labute approximate surface area is 211 Å². The molecule has 0 saturated heterocycles. The number of aryl methyl sites for hydroxylation is 1. The lowest BCUT2D eigenvalue weighted by Gasteiger charge is -2.29. The van der Waals surface area contributed by atoms with Gasteiger partial charge in [-0.3, -0.25) is 9.59 Å². The van der Waals surface area contributed by atoms with Crippen molar-refractivity contribution in [1.29, 1.82) is 0 Å². The molecule has 3 aromatic rings. The lowest BCUT2D eigenvalue weighted by Crippen LogP contribution is -2.40. The molecule has 2 aliphatic heterocycles. The quantitative estimate of drug-likeness (QED) is 0.422. The van der Waals surface area contributed by atoms with Crippen molar-refractivity contribution < 1.29 is 9.59 Å². The molecule has 0 bridgehead atoms. The summed E-state index contributed by atoms with van der Waals surface area (Å²) in [5.74, 6) is -1.74. The third-order valence-electron chi connectivity index (χ3n) is 7.00. The van der Waals surface area contributed by atoms with Crippen molar-refractivity contribution in [2.45, 2.75) is 39.5 Å². The third-order valence-corrected chi connectivity index (χ3v) is 7.00. The Morgan fingerprint density at radius 2 is 1.17 bits per heavy atom. The smallest absolute Gasteiger partial charge is 0.256 e. The van der Waals surface area contributed by atoms with Crippen molar-refractivity contribution in [3.8, 4) is 0 Å². The van der Waals surface area contributed by atoms with E-state index in [1.54, 1.807) is 0 Å². The Balaban J connectivity index is 1.62. The van der Waals surface area contributed by atoms with E-state index >= 15 is 0 Å². The van der Waals surface area contributed by atoms with E-state index in [9.17, 15) is 9.59 Å². The predicted octanol–water partition coefficient (Wildman–Crippen LogP) is 5.94. The second-order valence-electron chi connectivity index (χ2n) is 9.26. The van der Waals surface area contributed by atoms with Crippen molar-refractivity contribution in [2.24, 2.45) is 22.0 Å². The van der Waals surface area contributed by atoms with Crippen LogP contribution in [0.4, 0.5) is 11.4 Å². The minimum Gasteiger partial charge on any atom is -0.272 e. The molecule has 0 N–H and O–H groups in total. The van der Waals surface area contributed by atoms with Gasteiger partial charge in [0.05, 0.1) is 34.6 Å². The van der Waals surface area contributed by atoms with Crippen LogP contribution in [0.2, 0.25) is 0 Å². The Kier molecular flexibility index (Phi) is 6.51. The van der Waals surface area contributed by atoms with Gasteiger partial charge in [0.2, 0.25) is 0 Å². The summed E-state index contributed by atoms with van der Waals surface area (Å²) in [5.41, 5.74) is 5.07. The third kappa shape index (κ3) is 4.13. The molecule has 0 aromatic heterocycles. The summed E-state index contributed by atoms with van der Waals surface area (Å²) in [4.78, 5) is 28.1. The number of hydrogen-bond acceptors (Lipinski definition) is 4. The lowest BCUT2D eigenvalue weighted by atomic mass is 9.71. The first kappa shape index (κ1) is 23.7. The molecule has 2 unspecified atom stereocenters. The number of amides is 2. The van der Waals surface area contributed by atoms with E-state index in [-0.39, 0.29) is 11.8 Å². The van der Waals surface area contributed by atoms with Crippen molar-refractivity contribution in [3.05, 3.63) is 96.1 Å². The van der Waals surface area contributed by atoms with Gasteiger partial charge in [-0.05, 0) is 49.6 Å². The maximum Gasteiger partial charge on any atom is 0.256 e. The largest absolute Gasteiger partial charge is 0.272 e. The lowest BCUT2D eigenvalue weighted by molar-refractivity contribution is -0.122. The number of carbonyl (C=O) groups excluding carboxylic acids is 2. The Bertz CT molecular complexity index is 1250. The highest BCUT2D eigenvalue weighted by molar-refractivity contribution is 6.20. The summed E-state index contributed by atoms with van der Waals surface area (Å²) >= 11 is 0. The minimum atomic E-state index is -0.557. The molecule has 2 heterocycles. The molecular formula is C30H30N4O2. The van der Waals surface area contributed by atoms with Gasteiger partial charge in [0.15, 0.2) is 0 Å². The zero-order valence-corrected chi connectivity index (χ0v) is 20.8. The van der Waals surface area contributed by atoms with Gasteiger partial charge in [0.1, 0.15) is 0 Å². The molecule has 3 aromatic carbocycles. The number of nitrogens with zero attached hydrogens (tertiary/aromatic N) is 4. The van der Waals surface area contributed by atoms with E-state index in [1.165, 1.54) is 10.0 Å². The summed E-state index contributed by atoms with van der Waals surface area (Å²) in [5, 5.41) is 12.5. The minimum absolute atomic E-state index is 0.106. The molecule has 5 rings (SSSR count). The number of carbonyl (C=O) groups is 2. The Morgan fingerprint density at radius 3 is 1.58 bits per heavy atom. The van der Waals surface area contributed by atoms with Gasteiger partial charge < -0.3 is 0 Å². The number of benzene rings is 3. The van der Waals surface area contributed by atoms with Crippen LogP contribution < -0.4 is 10.0 Å². The van der Waals surface area contributed by atoms with Crippen LogP contribution in [-0.2, 0) is 9.59 Å². The van der Waals surface area contributed by atoms with Crippen molar-refractivity contribution in [2.75, 3.05) is 10.0 Å². The summed E-state index contributed by atoms with van der Waals surface area (Å²) in [6.07, 6.45) is 1.23. The van der Waals surface area contributed by atoms with E-state index in [0.29, 0.717) is 12.8 Å². The Hall–Kier alpha value is -4.06. The van der Waals surface area contributed by atoms with Crippen LogP contribution >= 0.6 is 0 Å². The molecule has 36 heavy (non-hydrogen) atoms. The topological polar surface area (TPSA) is 65.3 Å². The van der Waals surface area contributed by atoms with E-state index in [0.717, 1.165) is 33.9 Å². The van der Waals surface area contributed by atoms with E-state index in [4.69, 9.17) is 10.2 Å². The van der Waals surface area contributed by atoms with Crippen molar-refractivity contribution in [1.82, 2.24) is 0 Å². The Morgan fingerprint density at radius 1 is 0.694 bits per heavy atom. The zero-order valence-electron chi connectivity index (χ0n) is 20.8. The van der Waals surface area contributed by atoms with Gasteiger partial charge in [-0.1, -0.05) is 80.1 Å². The molecule has 0 fully saturated rings. The maximum absolute atomic E-state index is 14.0. The molecule has 0 spiro atoms. The van der Waals surface area contributed by atoms with Gasteiger partial charge in [-0.2, -0.15) is 10.2 Å². The van der Waals surface area contributed by atoms with Crippen LogP contribution in [0.5, 0.6) is 0 Å². The number of rotatable bonds is 7. The highest BCUT2D eigenvalue weighted by Crippen LogP contribution is 2.43. The summed E-state index contributed by atoms with van der Waals surface area (Å²) in [6, 6.07) is 27.1. The van der Waals surface area contributed by atoms with Crippen molar-refractivity contribution >= 4 is 34.6 Å². The molecule has 0 aliphatic carbocycles. The molecular weight excluding hydrogens is 448 g/mol. The van der Waals surface area contributed by atoms with Gasteiger partial charge in [0.25, 0.3) is 11.8 Å². The van der Waals surface area contributed by atoms with Crippen LogP contribution in [0.15, 0.2) is 95.1 Å². The summed E-state index contributed by atoms with van der Waals surface area (Å²) in [7, 11) is 0. The fraction of sp³-hybridized carbons (Fsp3) is 0.267. The molecule has 182 valence electrons. The normalized spacial score (nSPS) is 20.5. The van der Waals surface area contributed by atoms with Gasteiger partial charge in [-0.25, -0.2) is 10.0 Å². The molecule has 6 heteroatoms. The number of para-hydroxylation sites is 2. The van der Waals surface area contributed by atoms with E-state index < -0.39 is 17.8 Å².